The van der Waals surface area contributed by atoms with E-state index in [0.29, 0.717) is 5.52 Å². The topological polar surface area (TPSA) is 48.3 Å². The van der Waals surface area contributed by atoms with Crippen LogP contribution in [-0.2, 0) is 4.74 Å². The number of hydrogen-bond donors (Lipinski definition) is 0. The number of carbonyl (C=O) groups excluding carboxylic acids is 1. The number of pyridine rings is 1. The van der Waals surface area contributed by atoms with Crippen molar-refractivity contribution in [2.75, 3.05) is 6.61 Å². The van der Waals surface area contributed by atoms with Gasteiger partial charge in [0.25, 0.3) is 0 Å². The van der Waals surface area contributed by atoms with Crippen LogP contribution in [0, 0.1) is 11.6 Å². The maximum absolute atomic E-state index is 14.2. The van der Waals surface area contributed by atoms with Crippen molar-refractivity contribution in [3.05, 3.63) is 76.1 Å². The number of halogens is 2. The molecule has 122 valence electrons. The normalized spacial score (nSPS) is 10.8. The maximum Gasteiger partial charge on any atom is 0.343 e. The van der Waals surface area contributed by atoms with Crippen LogP contribution in [0.25, 0.3) is 16.6 Å². The molecule has 1 heterocycles. The zero-order chi connectivity index (χ0) is 17.3. The third kappa shape index (κ3) is 2.67. The molecule has 1 aromatic heterocycles. The number of carbonyl (C=O) groups is 1. The molecular formula is C18H13F2NO3. The van der Waals surface area contributed by atoms with E-state index in [1.807, 2.05) is 0 Å². The van der Waals surface area contributed by atoms with Crippen LogP contribution in [0.2, 0.25) is 0 Å². The smallest absolute Gasteiger partial charge is 0.343 e. The van der Waals surface area contributed by atoms with Crippen LogP contribution in [0.3, 0.4) is 0 Å². The first kappa shape index (κ1) is 15.9. The fraction of sp³-hybridized carbons (Fsp3) is 0.111. The monoisotopic (exact) mass is 329 g/mol. The molecule has 0 amide bonds. The van der Waals surface area contributed by atoms with Crippen molar-refractivity contribution in [3.8, 4) is 5.69 Å². The Bertz CT molecular complexity index is 995. The van der Waals surface area contributed by atoms with Crippen molar-refractivity contribution in [3.63, 3.8) is 0 Å². The van der Waals surface area contributed by atoms with Crippen LogP contribution in [0.1, 0.15) is 17.3 Å². The van der Waals surface area contributed by atoms with Gasteiger partial charge in [0.2, 0.25) is 5.43 Å². The molecule has 0 bridgehead atoms. The maximum atomic E-state index is 14.2. The highest BCUT2D eigenvalue weighted by molar-refractivity contribution is 5.94. The molecule has 0 aliphatic rings. The van der Waals surface area contributed by atoms with Gasteiger partial charge in [0.1, 0.15) is 17.2 Å². The van der Waals surface area contributed by atoms with Gasteiger partial charge in [-0.1, -0.05) is 12.1 Å². The van der Waals surface area contributed by atoms with Crippen molar-refractivity contribution in [1.82, 2.24) is 4.57 Å². The molecule has 0 spiro atoms. The van der Waals surface area contributed by atoms with Crippen molar-refractivity contribution >= 4 is 16.9 Å². The molecule has 3 aromatic rings. The Morgan fingerprint density at radius 2 is 1.92 bits per heavy atom. The van der Waals surface area contributed by atoms with Gasteiger partial charge in [-0.15, -0.1) is 0 Å². The van der Waals surface area contributed by atoms with Crippen LogP contribution < -0.4 is 5.43 Å². The van der Waals surface area contributed by atoms with Gasteiger partial charge in [-0.2, -0.15) is 0 Å². The van der Waals surface area contributed by atoms with Crippen LogP contribution in [-0.4, -0.2) is 17.1 Å². The number of aromatic nitrogens is 1. The first-order valence-electron chi connectivity index (χ1n) is 7.30. The summed E-state index contributed by atoms with van der Waals surface area (Å²) < 4.78 is 33.6. The lowest BCUT2D eigenvalue weighted by Crippen LogP contribution is -2.20. The summed E-state index contributed by atoms with van der Waals surface area (Å²) in [4.78, 5) is 24.5. The van der Waals surface area contributed by atoms with E-state index in [1.165, 1.54) is 16.8 Å². The molecule has 0 aliphatic carbocycles. The zero-order valence-corrected chi connectivity index (χ0v) is 12.8. The zero-order valence-electron chi connectivity index (χ0n) is 12.8. The number of fused-ring (bicyclic) bond motifs is 1. The van der Waals surface area contributed by atoms with Gasteiger partial charge >= 0.3 is 5.97 Å². The molecule has 24 heavy (non-hydrogen) atoms. The Balaban J connectivity index is 2.36. The third-order valence-electron chi connectivity index (χ3n) is 3.58. The molecule has 0 fully saturated rings. The van der Waals surface area contributed by atoms with Gasteiger partial charge in [0, 0.05) is 17.6 Å². The summed E-state index contributed by atoms with van der Waals surface area (Å²) in [5, 5.41) is 0.242. The molecule has 0 radical (unpaired) electrons. The quantitative estimate of drug-likeness (QED) is 0.692. The van der Waals surface area contributed by atoms with E-state index in [9.17, 15) is 18.4 Å². The first-order valence-corrected chi connectivity index (χ1v) is 7.30. The fourth-order valence-electron chi connectivity index (χ4n) is 2.51. The minimum atomic E-state index is -0.807. The van der Waals surface area contributed by atoms with Crippen molar-refractivity contribution in [2.24, 2.45) is 0 Å². The minimum absolute atomic E-state index is 0.0261. The molecule has 4 nitrogen and oxygen atoms in total. The van der Waals surface area contributed by atoms with E-state index in [0.717, 1.165) is 12.1 Å². The van der Waals surface area contributed by atoms with Gasteiger partial charge in [0.05, 0.1) is 17.8 Å². The van der Waals surface area contributed by atoms with Crippen molar-refractivity contribution in [2.45, 2.75) is 6.92 Å². The number of nitrogens with zero attached hydrogens (tertiary/aromatic N) is 1. The fourth-order valence-corrected chi connectivity index (χ4v) is 2.51. The SMILES string of the molecule is CCOC(=O)c1cn(-c2ccc(F)cc2F)c2ccccc2c1=O. The van der Waals surface area contributed by atoms with E-state index in [1.54, 1.807) is 31.2 Å². The summed E-state index contributed by atoms with van der Waals surface area (Å²) in [6.45, 7) is 1.73. The third-order valence-corrected chi connectivity index (χ3v) is 3.58. The average Bonchev–Trinajstić information content (AvgIpc) is 2.56. The van der Waals surface area contributed by atoms with E-state index in [2.05, 4.69) is 0 Å². The Labute approximate surface area is 135 Å². The van der Waals surface area contributed by atoms with E-state index >= 15 is 0 Å². The summed E-state index contributed by atoms with van der Waals surface area (Å²) in [7, 11) is 0. The average molecular weight is 329 g/mol. The second kappa shape index (κ2) is 6.23. The van der Waals surface area contributed by atoms with Gasteiger partial charge < -0.3 is 9.30 Å². The van der Waals surface area contributed by atoms with Gasteiger partial charge in [-0.3, -0.25) is 4.79 Å². The lowest BCUT2D eigenvalue weighted by molar-refractivity contribution is 0.0524. The second-order valence-corrected chi connectivity index (χ2v) is 5.08. The number of para-hydroxylation sites is 1. The van der Waals surface area contributed by atoms with Gasteiger partial charge in [-0.05, 0) is 31.2 Å². The molecule has 6 heteroatoms. The highest BCUT2D eigenvalue weighted by atomic mass is 19.1. The van der Waals surface area contributed by atoms with Crippen LogP contribution >= 0.6 is 0 Å². The molecule has 0 unspecified atom stereocenters. The lowest BCUT2D eigenvalue weighted by Gasteiger charge is -2.14. The summed E-state index contributed by atoms with van der Waals surface area (Å²) in [5.41, 5.74) is -0.277. The second-order valence-electron chi connectivity index (χ2n) is 5.08. The number of benzene rings is 2. The molecule has 0 saturated heterocycles. The highest BCUT2D eigenvalue weighted by Crippen LogP contribution is 2.21. The van der Waals surface area contributed by atoms with Crippen molar-refractivity contribution in [1.29, 1.82) is 0 Å². The number of ether oxygens (including phenoxy) is 1. The first-order chi connectivity index (χ1) is 11.5. The molecule has 3 rings (SSSR count). The van der Waals surface area contributed by atoms with E-state index in [-0.39, 0.29) is 23.2 Å². The molecule has 0 atom stereocenters. The Hall–Kier alpha value is -3.02. The lowest BCUT2D eigenvalue weighted by atomic mass is 10.1. The van der Waals surface area contributed by atoms with E-state index < -0.39 is 23.0 Å². The Morgan fingerprint density at radius 1 is 1.17 bits per heavy atom. The van der Waals surface area contributed by atoms with Gasteiger partial charge in [0.15, 0.2) is 0 Å². The molecule has 0 N–H and O–H groups in total. The largest absolute Gasteiger partial charge is 0.462 e. The molecule has 0 saturated carbocycles. The summed E-state index contributed by atoms with van der Waals surface area (Å²) >= 11 is 0. The molecule has 0 aliphatic heterocycles. The Kier molecular flexibility index (Phi) is 4.12. The van der Waals surface area contributed by atoms with Crippen LogP contribution in [0.5, 0.6) is 0 Å². The van der Waals surface area contributed by atoms with Crippen molar-refractivity contribution < 1.29 is 18.3 Å². The number of esters is 1. The Morgan fingerprint density at radius 3 is 2.62 bits per heavy atom. The summed E-state index contributed by atoms with van der Waals surface area (Å²) in [5.74, 6) is -2.31. The number of hydrogen-bond acceptors (Lipinski definition) is 3. The highest BCUT2D eigenvalue weighted by Gasteiger charge is 2.18. The predicted octanol–water partition coefficient (Wildman–Crippen LogP) is 3.45. The summed E-state index contributed by atoms with van der Waals surface area (Å²) in [6, 6.07) is 9.58. The van der Waals surface area contributed by atoms with Crippen LogP contribution in [0.15, 0.2) is 53.5 Å². The minimum Gasteiger partial charge on any atom is -0.462 e. The molecular weight excluding hydrogens is 316 g/mol. The molecule has 2 aromatic carbocycles. The predicted molar refractivity (Wildman–Crippen MR) is 85.4 cm³/mol. The summed E-state index contributed by atoms with van der Waals surface area (Å²) in [6.07, 6.45) is 1.22. The standard InChI is InChI=1S/C18H13F2NO3/c1-2-24-18(23)13-10-21(16-8-7-11(19)9-14(16)20)15-6-4-3-5-12(15)17(13)22/h3-10H,2H2,1H3. The number of rotatable bonds is 3. The van der Waals surface area contributed by atoms with E-state index in [4.69, 9.17) is 4.74 Å². The van der Waals surface area contributed by atoms with Gasteiger partial charge in [-0.25, -0.2) is 13.6 Å². The van der Waals surface area contributed by atoms with Crippen LogP contribution in [0.4, 0.5) is 8.78 Å².